The zero-order chi connectivity index (χ0) is 9.47. The zero-order valence-corrected chi connectivity index (χ0v) is 9.04. The van der Waals surface area contributed by atoms with Crippen molar-refractivity contribution in [3.05, 3.63) is 21.3 Å². The summed E-state index contributed by atoms with van der Waals surface area (Å²) in [6.07, 6.45) is 2.68. The Hall–Kier alpha value is -0.340. The molecule has 0 aromatic carbocycles. The monoisotopic (exact) mass is 214 g/mol. The van der Waals surface area contributed by atoms with E-state index in [1.54, 1.807) is 0 Å². The van der Waals surface area contributed by atoms with Crippen molar-refractivity contribution in [2.75, 3.05) is 0 Å². The van der Waals surface area contributed by atoms with Crippen LogP contribution in [-0.2, 0) is 11.2 Å². The van der Waals surface area contributed by atoms with Gasteiger partial charge in [-0.1, -0.05) is 18.5 Å². The van der Waals surface area contributed by atoms with E-state index in [2.05, 4.69) is 0 Å². The molecule has 70 valence electrons. The molecule has 0 radical (unpaired) electrons. The van der Waals surface area contributed by atoms with Crippen molar-refractivity contribution in [2.24, 2.45) is 5.41 Å². The molecule has 3 heteroatoms. The number of Topliss-reactive ketones (excluding diaryl/α,β-unsaturated/α-hetero) is 1. The van der Waals surface area contributed by atoms with E-state index in [0.717, 1.165) is 22.1 Å². The van der Waals surface area contributed by atoms with Crippen LogP contribution in [-0.4, -0.2) is 5.78 Å². The van der Waals surface area contributed by atoms with Gasteiger partial charge in [0.05, 0.1) is 4.34 Å². The Labute approximate surface area is 86.7 Å². The van der Waals surface area contributed by atoms with Crippen LogP contribution in [0.2, 0.25) is 4.34 Å². The number of ketones is 1. The van der Waals surface area contributed by atoms with E-state index in [9.17, 15) is 4.79 Å². The minimum Gasteiger partial charge on any atom is -0.299 e. The number of thiophene rings is 1. The van der Waals surface area contributed by atoms with Gasteiger partial charge in [-0.2, -0.15) is 0 Å². The Morgan fingerprint density at radius 3 is 2.77 bits per heavy atom. The van der Waals surface area contributed by atoms with E-state index in [0.29, 0.717) is 12.2 Å². The molecule has 2 rings (SSSR count). The summed E-state index contributed by atoms with van der Waals surface area (Å²) >= 11 is 7.29. The standard InChI is InChI=1S/C10H11ClOS/c1-10(4-5-10)8(12)6-7-2-3-9(11)13-7/h2-3H,4-6H2,1H3. The Morgan fingerprint density at radius 1 is 1.62 bits per heavy atom. The Kier molecular flexibility index (Phi) is 2.20. The van der Waals surface area contributed by atoms with Crippen LogP contribution in [0.5, 0.6) is 0 Å². The van der Waals surface area contributed by atoms with Crippen LogP contribution in [0.25, 0.3) is 0 Å². The zero-order valence-electron chi connectivity index (χ0n) is 7.47. The summed E-state index contributed by atoms with van der Waals surface area (Å²) in [5.41, 5.74) is -0.00351. The number of carbonyl (C=O) groups is 1. The van der Waals surface area contributed by atoms with Crippen LogP contribution in [0.3, 0.4) is 0 Å². The molecule has 0 aliphatic heterocycles. The molecule has 0 amide bonds. The van der Waals surface area contributed by atoms with Crippen LogP contribution in [0, 0.1) is 5.41 Å². The molecule has 0 atom stereocenters. The first-order valence-corrected chi connectivity index (χ1v) is 5.57. The molecular weight excluding hydrogens is 204 g/mol. The van der Waals surface area contributed by atoms with Gasteiger partial charge in [-0.25, -0.2) is 0 Å². The lowest BCUT2D eigenvalue weighted by molar-refractivity contribution is -0.122. The largest absolute Gasteiger partial charge is 0.299 e. The predicted octanol–water partition coefficient (Wildman–Crippen LogP) is 3.31. The van der Waals surface area contributed by atoms with Gasteiger partial charge in [0, 0.05) is 16.7 Å². The van der Waals surface area contributed by atoms with Crippen molar-refractivity contribution >= 4 is 28.7 Å². The lowest BCUT2D eigenvalue weighted by atomic mass is 10.0. The van der Waals surface area contributed by atoms with Crippen molar-refractivity contribution in [3.8, 4) is 0 Å². The van der Waals surface area contributed by atoms with Gasteiger partial charge < -0.3 is 0 Å². The van der Waals surface area contributed by atoms with E-state index in [4.69, 9.17) is 11.6 Å². The van der Waals surface area contributed by atoms with Crippen LogP contribution in [0.4, 0.5) is 0 Å². The smallest absolute Gasteiger partial charge is 0.143 e. The second-order valence-electron chi connectivity index (χ2n) is 3.87. The molecule has 1 aliphatic rings. The molecule has 1 aromatic heterocycles. The average Bonchev–Trinajstić information content (AvgIpc) is 2.69. The van der Waals surface area contributed by atoms with Crippen molar-refractivity contribution < 1.29 is 4.79 Å². The maximum absolute atomic E-state index is 11.7. The van der Waals surface area contributed by atoms with Crippen molar-refractivity contribution in [1.82, 2.24) is 0 Å². The van der Waals surface area contributed by atoms with Crippen LogP contribution < -0.4 is 0 Å². The third kappa shape index (κ3) is 1.94. The first-order valence-electron chi connectivity index (χ1n) is 4.38. The molecule has 13 heavy (non-hydrogen) atoms. The molecule has 1 nitrogen and oxygen atoms in total. The third-order valence-corrected chi connectivity index (χ3v) is 3.87. The molecule has 0 spiro atoms. The van der Waals surface area contributed by atoms with E-state index < -0.39 is 0 Å². The van der Waals surface area contributed by atoms with Crippen LogP contribution in [0.1, 0.15) is 24.6 Å². The van der Waals surface area contributed by atoms with Crippen molar-refractivity contribution in [3.63, 3.8) is 0 Å². The van der Waals surface area contributed by atoms with E-state index >= 15 is 0 Å². The van der Waals surface area contributed by atoms with Crippen molar-refractivity contribution in [1.29, 1.82) is 0 Å². The van der Waals surface area contributed by atoms with Gasteiger partial charge in [-0.05, 0) is 25.0 Å². The normalized spacial score (nSPS) is 18.6. The van der Waals surface area contributed by atoms with Crippen LogP contribution >= 0.6 is 22.9 Å². The number of rotatable bonds is 3. The summed E-state index contributed by atoms with van der Waals surface area (Å²) < 4.78 is 0.767. The lowest BCUT2D eigenvalue weighted by Gasteiger charge is -2.04. The quantitative estimate of drug-likeness (QED) is 0.755. The molecular formula is C10H11ClOS. The minimum absolute atomic E-state index is 0.00351. The summed E-state index contributed by atoms with van der Waals surface area (Å²) in [6, 6.07) is 3.79. The molecule has 1 aromatic rings. The first kappa shape index (κ1) is 9.22. The highest BCUT2D eigenvalue weighted by Gasteiger charge is 2.44. The third-order valence-electron chi connectivity index (χ3n) is 2.64. The fourth-order valence-corrected chi connectivity index (χ4v) is 2.37. The van der Waals surface area contributed by atoms with E-state index in [1.165, 1.54) is 11.3 Å². The minimum atomic E-state index is -0.00351. The fraction of sp³-hybridized carbons (Fsp3) is 0.500. The second kappa shape index (κ2) is 3.10. The van der Waals surface area contributed by atoms with Gasteiger partial charge in [-0.15, -0.1) is 11.3 Å². The maximum atomic E-state index is 11.7. The summed E-state index contributed by atoms with van der Waals surface area (Å²) in [5, 5.41) is 0. The van der Waals surface area contributed by atoms with Gasteiger partial charge in [0.1, 0.15) is 5.78 Å². The molecule has 0 unspecified atom stereocenters. The molecule has 1 aliphatic carbocycles. The molecule has 0 N–H and O–H groups in total. The topological polar surface area (TPSA) is 17.1 Å². The summed E-state index contributed by atoms with van der Waals surface area (Å²) in [6.45, 7) is 2.05. The highest BCUT2D eigenvalue weighted by atomic mass is 35.5. The van der Waals surface area contributed by atoms with Gasteiger partial charge in [0.2, 0.25) is 0 Å². The highest BCUT2D eigenvalue weighted by Crippen LogP contribution is 2.46. The number of halogens is 1. The second-order valence-corrected chi connectivity index (χ2v) is 5.67. The Balaban J connectivity index is 2.02. The van der Waals surface area contributed by atoms with E-state index in [-0.39, 0.29) is 5.41 Å². The lowest BCUT2D eigenvalue weighted by Crippen LogP contribution is -2.13. The summed E-state index contributed by atoms with van der Waals surface area (Å²) in [7, 11) is 0. The number of carbonyl (C=O) groups excluding carboxylic acids is 1. The molecule has 0 bridgehead atoms. The molecule has 1 heterocycles. The molecule has 1 saturated carbocycles. The van der Waals surface area contributed by atoms with E-state index in [1.807, 2.05) is 19.1 Å². The first-order chi connectivity index (χ1) is 6.10. The number of hydrogen-bond donors (Lipinski definition) is 0. The maximum Gasteiger partial charge on any atom is 0.143 e. The van der Waals surface area contributed by atoms with Gasteiger partial charge >= 0.3 is 0 Å². The van der Waals surface area contributed by atoms with Crippen molar-refractivity contribution in [2.45, 2.75) is 26.2 Å². The summed E-state index contributed by atoms with van der Waals surface area (Å²) in [4.78, 5) is 12.8. The van der Waals surface area contributed by atoms with Gasteiger partial charge in [0.25, 0.3) is 0 Å². The molecule has 0 saturated heterocycles. The Bertz CT molecular complexity index is 338. The summed E-state index contributed by atoms with van der Waals surface area (Å²) in [5.74, 6) is 0.367. The number of hydrogen-bond acceptors (Lipinski definition) is 2. The highest BCUT2D eigenvalue weighted by molar-refractivity contribution is 7.16. The predicted molar refractivity (Wildman–Crippen MR) is 55.4 cm³/mol. The van der Waals surface area contributed by atoms with Gasteiger partial charge in [-0.3, -0.25) is 4.79 Å². The van der Waals surface area contributed by atoms with Crippen LogP contribution in [0.15, 0.2) is 12.1 Å². The Morgan fingerprint density at radius 2 is 2.31 bits per heavy atom. The fourth-order valence-electron chi connectivity index (χ4n) is 1.28. The molecule has 1 fully saturated rings. The average molecular weight is 215 g/mol. The SMILES string of the molecule is CC1(C(=O)Cc2ccc(Cl)s2)CC1. The van der Waals surface area contributed by atoms with Gasteiger partial charge in [0.15, 0.2) is 0 Å².